The molecule has 0 radical (unpaired) electrons. The summed E-state index contributed by atoms with van der Waals surface area (Å²) in [7, 11) is 0. The van der Waals surface area contributed by atoms with Gasteiger partial charge in [0, 0.05) is 5.25 Å². The average Bonchev–Trinajstić information content (AvgIpc) is 1.35. The van der Waals surface area contributed by atoms with Crippen LogP contribution in [0.3, 0.4) is 0 Å². The number of hydrogen-bond donors (Lipinski definition) is 0. The van der Waals surface area contributed by atoms with E-state index in [1.54, 1.807) is 11.2 Å². The highest BCUT2D eigenvalue weighted by Crippen LogP contribution is 1.91. The van der Waals surface area contributed by atoms with E-state index in [0.29, 0.717) is 5.25 Å². The van der Waals surface area contributed by atoms with Crippen LogP contribution in [0, 0.1) is 5.18 Å². The van der Waals surface area contributed by atoms with Crippen LogP contribution in [0.15, 0.2) is 0 Å². The maximum atomic E-state index is 2.98. The smallest absolute Gasteiger partial charge is 0.0234 e. The standard InChI is InChI=1S/C5H10S/c1-4-6-5(2)3/h5H,1-3H3. The molecule has 6 heavy (non-hydrogen) atoms. The van der Waals surface area contributed by atoms with Crippen molar-refractivity contribution in [3.63, 3.8) is 0 Å². The Balaban J connectivity index is 3.20. The molecule has 0 N–H and O–H groups in total. The summed E-state index contributed by atoms with van der Waals surface area (Å²) in [6, 6.07) is 0. The third-order valence-corrected chi connectivity index (χ3v) is 1.06. The molecule has 36 valence electrons. The Hall–Kier alpha value is 0. The highest BCUT2D eigenvalue weighted by Gasteiger charge is 1.75. The van der Waals surface area contributed by atoms with E-state index in [9.17, 15) is 0 Å². The summed E-state index contributed by atoms with van der Waals surface area (Å²) in [4.78, 5) is 0. The topological polar surface area (TPSA) is 0 Å². The monoisotopic (exact) mass is 102 g/mol. The Morgan fingerprint density at radius 3 is 2.00 bits per heavy atom. The van der Waals surface area contributed by atoms with Gasteiger partial charge in [0.05, 0.1) is 0 Å². The molecule has 0 aromatic heterocycles. The van der Waals surface area contributed by atoms with E-state index in [-0.39, 0.29) is 0 Å². The molecular formula is C5H10S. The van der Waals surface area contributed by atoms with Crippen LogP contribution in [0.5, 0.6) is 0 Å². The van der Waals surface area contributed by atoms with Crippen molar-refractivity contribution in [2.75, 3.05) is 0 Å². The zero-order chi connectivity index (χ0) is 4.99. The van der Waals surface area contributed by atoms with E-state index in [1.807, 2.05) is 6.92 Å². The molecule has 0 rings (SSSR count). The third kappa shape index (κ3) is 4.00. The van der Waals surface area contributed by atoms with E-state index >= 15 is 0 Å². The van der Waals surface area contributed by atoms with Crippen molar-refractivity contribution in [2.24, 2.45) is 0 Å². The van der Waals surface area contributed by atoms with E-state index < -0.39 is 0 Å². The van der Waals surface area contributed by atoms with Gasteiger partial charge < -0.3 is 0 Å². The summed E-state index contributed by atoms with van der Waals surface area (Å²) in [6.45, 7) is 6.24. The van der Waals surface area contributed by atoms with Gasteiger partial charge in [0.25, 0.3) is 0 Å². The fraction of sp³-hybridized carbons (Fsp3) is 0.800. The quantitative estimate of drug-likeness (QED) is 0.439. The molecular weight excluding hydrogens is 92.1 g/mol. The molecule has 0 unspecified atom stereocenters. The highest BCUT2D eigenvalue weighted by atomic mass is 32.1. The van der Waals surface area contributed by atoms with Crippen molar-refractivity contribution in [3.05, 3.63) is 0 Å². The molecule has 0 fully saturated rings. The molecule has 0 heterocycles. The lowest BCUT2D eigenvalue weighted by Gasteiger charge is -1.82. The molecule has 0 aliphatic rings. The first-order valence-electron chi connectivity index (χ1n) is 2.09. The van der Waals surface area contributed by atoms with E-state index in [2.05, 4.69) is 19.0 Å². The van der Waals surface area contributed by atoms with Crippen LogP contribution in [-0.4, -0.2) is 5.25 Å². The normalized spacial score (nSPS) is 8.00. The predicted molar refractivity (Wildman–Crippen MR) is 32.3 cm³/mol. The van der Waals surface area contributed by atoms with Crippen molar-refractivity contribution >= 4 is 11.2 Å². The Labute approximate surface area is 43.2 Å². The molecule has 0 aromatic rings. The van der Waals surface area contributed by atoms with Crippen LogP contribution >= 0.6 is 11.2 Å². The minimum absolute atomic E-state index is 0.704. The van der Waals surface area contributed by atoms with Crippen LogP contribution in [0.4, 0.5) is 0 Å². The van der Waals surface area contributed by atoms with Gasteiger partial charge in [-0.1, -0.05) is 5.18 Å². The molecule has 1 heteroatoms. The summed E-state index contributed by atoms with van der Waals surface area (Å²) in [6.07, 6.45) is 0. The lowest BCUT2D eigenvalue weighted by Crippen LogP contribution is -1.74. The summed E-state index contributed by atoms with van der Waals surface area (Å²) in [5.74, 6) is 0. The van der Waals surface area contributed by atoms with Crippen LogP contribution < -0.4 is 0 Å². The first kappa shape index (κ1) is 6.00. The summed E-state index contributed by atoms with van der Waals surface area (Å²) in [5.41, 5.74) is 0. The zero-order valence-electron chi connectivity index (χ0n) is 4.49. The van der Waals surface area contributed by atoms with Gasteiger partial charge in [0.1, 0.15) is 0 Å². The summed E-state index contributed by atoms with van der Waals surface area (Å²) >= 11 is 1.74. The maximum absolute atomic E-state index is 2.98. The van der Waals surface area contributed by atoms with Gasteiger partial charge in [0.2, 0.25) is 0 Å². The van der Waals surface area contributed by atoms with Gasteiger partial charge in [-0.2, -0.15) is 0 Å². The zero-order valence-corrected chi connectivity index (χ0v) is 5.30. The van der Waals surface area contributed by atoms with Crippen molar-refractivity contribution in [1.29, 1.82) is 0 Å². The Bertz CT molecular complexity index is 73.7. The molecule has 0 saturated heterocycles. The number of hydrogen-bond acceptors (Lipinski definition) is 0. The lowest BCUT2D eigenvalue weighted by molar-refractivity contribution is 1.12. The molecule has 0 aliphatic carbocycles. The molecule has 0 atom stereocenters. The van der Waals surface area contributed by atoms with Crippen molar-refractivity contribution < 1.29 is 0 Å². The minimum atomic E-state index is 0.704. The molecule has 0 saturated carbocycles. The molecule has 0 aliphatic heterocycles. The molecule has 0 amide bonds. The molecule has 0 spiro atoms. The van der Waals surface area contributed by atoms with Gasteiger partial charge in [-0.15, -0.1) is 11.2 Å². The Morgan fingerprint density at radius 2 is 2.00 bits per heavy atom. The van der Waals surface area contributed by atoms with Gasteiger partial charge in [-0.05, 0) is 20.8 Å². The third-order valence-electron chi connectivity index (χ3n) is 0.354. The van der Waals surface area contributed by atoms with Gasteiger partial charge in [0.15, 0.2) is 0 Å². The Kier molecular flexibility index (Phi) is 3.20. The maximum Gasteiger partial charge on any atom is 0.0234 e. The van der Waals surface area contributed by atoms with Crippen molar-refractivity contribution in [3.8, 4) is 5.18 Å². The first-order chi connectivity index (χ1) is 2.77. The predicted octanol–water partition coefficient (Wildman–Crippen LogP) is 2.11. The van der Waals surface area contributed by atoms with Crippen LogP contribution in [0.1, 0.15) is 20.8 Å². The van der Waals surface area contributed by atoms with Gasteiger partial charge >= 0.3 is 0 Å². The van der Waals surface area contributed by atoms with Crippen LogP contribution in [0.2, 0.25) is 0 Å². The van der Waals surface area contributed by atoms with Crippen molar-refractivity contribution in [1.82, 2.24) is 0 Å². The Morgan fingerprint density at radius 1 is 1.50 bits per heavy atom. The fourth-order valence-corrected chi connectivity index (χ4v) is 0.707. The lowest BCUT2D eigenvalue weighted by atomic mass is 10.6. The van der Waals surface area contributed by atoms with Crippen molar-refractivity contribution in [2.45, 2.75) is 26.0 Å². The second-order valence-corrected chi connectivity index (χ2v) is 2.96. The van der Waals surface area contributed by atoms with Gasteiger partial charge in [-0.3, -0.25) is 0 Å². The summed E-state index contributed by atoms with van der Waals surface area (Å²) in [5, 5.41) is 3.69. The summed E-state index contributed by atoms with van der Waals surface area (Å²) < 4.78 is 0. The SMILES string of the molecule is CC#SC(C)C. The highest BCUT2D eigenvalue weighted by molar-refractivity contribution is 7.89. The first-order valence-corrected chi connectivity index (χ1v) is 2.97. The van der Waals surface area contributed by atoms with E-state index in [1.165, 1.54) is 0 Å². The second-order valence-electron chi connectivity index (χ2n) is 1.37. The van der Waals surface area contributed by atoms with Gasteiger partial charge in [-0.25, -0.2) is 0 Å². The molecule has 0 bridgehead atoms. The number of rotatable bonds is 0. The molecule has 0 nitrogen and oxygen atoms in total. The van der Waals surface area contributed by atoms with E-state index in [4.69, 9.17) is 0 Å². The largest absolute Gasteiger partial charge is 0.132 e. The van der Waals surface area contributed by atoms with Crippen LogP contribution in [0.25, 0.3) is 0 Å². The average molecular weight is 102 g/mol. The van der Waals surface area contributed by atoms with E-state index in [0.717, 1.165) is 0 Å². The molecule has 0 aromatic carbocycles. The second kappa shape index (κ2) is 3.20. The fourth-order valence-electron chi connectivity index (χ4n) is 0.236. The van der Waals surface area contributed by atoms with Crippen LogP contribution in [-0.2, 0) is 0 Å². The minimum Gasteiger partial charge on any atom is -0.132 e.